The van der Waals surface area contributed by atoms with Crippen molar-refractivity contribution in [1.82, 2.24) is 14.8 Å². The van der Waals surface area contributed by atoms with Crippen molar-refractivity contribution >= 4 is 5.96 Å². The van der Waals surface area contributed by atoms with Gasteiger partial charge in [-0.1, -0.05) is 43.3 Å². The Balaban J connectivity index is 1.52. The normalized spacial score (nSPS) is 19.7. The van der Waals surface area contributed by atoms with Crippen LogP contribution in [-0.4, -0.2) is 41.6 Å². The van der Waals surface area contributed by atoms with Gasteiger partial charge in [-0.25, -0.2) is 0 Å². The quantitative estimate of drug-likeness (QED) is 0.428. The average Bonchev–Trinajstić information content (AvgIpc) is 2.75. The van der Waals surface area contributed by atoms with Crippen LogP contribution in [0.5, 0.6) is 0 Å². The lowest BCUT2D eigenvalue weighted by Gasteiger charge is -2.39. The molecule has 0 radical (unpaired) electrons. The summed E-state index contributed by atoms with van der Waals surface area (Å²) in [6.45, 7) is 11.0. The first-order valence-electron chi connectivity index (χ1n) is 11.3. The van der Waals surface area contributed by atoms with E-state index in [1.807, 2.05) is 23.6 Å². The number of guanidine groups is 1. The summed E-state index contributed by atoms with van der Waals surface area (Å²) in [7, 11) is 0. The van der Waals surface area contributed by atoms with Gasteiger partial charge in [-0.15, -0.1) is 0 Å². The third-order valence-corrected chi connectivity index (χ3v) is 6.09. The van der Waals surface area contributed by atoms with Crippen molar-refractivity contribution in [1.29, 1.82) is 0 Å². The van der Waals surface area contributed by atoms with Crippen LogP contribution in [0.1, 0.15) is 50.3 Å². The van der Waals surface area contributed by atoms with Crippen molar-refractivity contribution in [2.75, 3.05) is 26.2 Å². The number of likely N-dealkylation sites (tertiary alicyclic amines) is 1. The number of aromatic nitrogens is 1. The molecule has 1 N–H and O–H groups in total. The van der Waals surface area contributed by atoms with E-state index in [0.29, 0.717) is 11.8 Å². The molecule has 5 heteroatoms. The summed E-state index contributed by atoms with van der Waals surface area (Å²) in [6.07, 6.45) is 3.09. The predicted molar refractivity (Wildman–Crippen MR) is 125 cm³/mol. The summed E-state index contributed by atoms with van der Waals surface area (Å²) in [6, 6.07) is 16.3. The molecule has 1 aromatic heterocycles. The Labute approximate surface area is 180 Å². The van der Waals surface area contributed by atoms with E-state index >= 15 is 0 Å². The highest BCUT2D eigenvalue weighted by atomic mass is 16.1. The second kappa shape index (κ2) is 11.0. The standard InChI is InChI=1S/C25H36N4O/c1-4-26-25(27-16-8-9-17-29-21(3)11-10-14-24(29)30)28-18-15-23(20(2)19-28)22-12-6-5-7-13-22/h5-7,10-14,20,23H,4,8-9,15-19H2,1-3H3,(H,26,27). The number of benzene rings is 1. The molecule has 1 fully saturated rings. The molecule has 0 spiro atoms. The third kappa shape index (κ3) is 5.74. The molecule has 0 saturated carbocycles. The Bertz CT molecular complexity index is 874. The molecule has 30 heavy (non-hydrogen) atoms. The maximum Gasteiger partial charge on any atom is 0.250 e. The molecular formula is C25H36N4O. The zero-order valence-corrected chi connectivity index (χ0v) is 18.7. The molecule has 1 saturated heterocycles. The van der Waals surface area contributed by atoms with Gasteiger partial charge >= 0.3 is 0 Å². The van der Waals surface area contributed by atoms with Crippen molar-refractivity contribution < 1.29 is 0 Å². The highest BCUT2D eigenvalue weighted by molar-refractivity contribution is 5.80. The summed E-state index contributed by atoms with van der Waals surface area (Å²) < 4.78 is 1.85. The van der Waals surface area contributed by atoms with Crippen LogP contribution in [0.15, 0.2) is 58.3 Å². The Morgan fingerprint density at radius 3 is 2.63 bits per heavy atom. The smallest absolute Gasteiger partial charge is 0.250 e. The van der Waals surface area contributed by atoms with Gasteiger partial charge in [-0.2, -0.15) is 0 Å². The van der Waals surface area contributed by atoms with Crippen LogP contribution in [0.3, 0.4) is 0 Å². The van der Waals surface area contributed by atoms with Crippen LogP contribution in [-0.2, 0) is 6.54 Å². The fraction of sp³-hybridized carbons (Fsp3) is 0.520. The van der Waals surface area contributed by atoms with Crippen LogP contribution in [0.25, 0.3) is 0 Å². The molecule has 1 aromatic carbocycles. The number of unbranched alkanes of at least 4 members (excludes halogenated alkanes) is 1. The first-order valence-corrected chi connectivity index (χ1v) is 11.3. The lowest BCUT2D eigenvalue weighted by molar-refractivity contribution is 0.234. The average molecular weight is 409 g/mol. The molecule has 2 unspecified atom stereocenters. The molecule has 0 bridgehead atoms. The Hall–Kier alpha value is -2.56. The van der Waals surface area contributed by atoms with Crippen molar-refractivity contribution in [2.24, 2.45) is 10.9 Å². The molecule has 1 aliphatic rings. The number of nitrogens with one attached hydrogen (secondary N) is 1. The second-order valence-corrected chi connectivity index (χ2v) is 8.33. The predicted octanol–water partition coefficient (Wildman–Crippen LogP) is 4.03. The Morgan fingerprint density at radius 2 is 1.93 bits per heavy atom. The minimum absolute atomic E-state index is 0.0853. The van der Waals surface area contributed by atoms with Gasteiger partial charge in [0, 0.05) is 44.5 Å². The molecule has 1 aliphatic heterocycles. The molecule has 2 atom stereocenters. The molecule has 162 valence electrons. The maximum absolute atomic E-state index is 12.0. The molecule has 0 aliphatic carbocycles. The van der Waals surface area contributed by atoms with Crippen LogP contribution < -0.4 is 10.9 Å². The zero-order chi connectivity index (χ0) is 21.3. The van der Waals surface area contributed by atoms with E-state index in [4.69, 9.17) is 4.99 Å². The lowest BCUT2D eigenvalue weighted by atomic mass is 9.82. The second-order valence-electron chi connectivity index (χ2n) is 8.33. The highest BCUT2D eigenvalue weighted by Gasteiger charge is 2.28. The Morgan fingerprint density at radius 1 is 1.13 bits per heavy atom. The van der Waals surface area contributed by atoms with Gasteiger partial charge in [-0.3, -0.25) is 9.79 Å². The van der Waals surface area contributed by atoms with Crippen LogP contribution >= 0.6 is 0 Å². The molecule has 0 amide bonds. The summed E-state index contributed by atoms with van der Waals surface area (Å²) in [4.78, 5) is 19.3. The van der Waals surface area contributed by atoms with Gasteiger partial charge < -0.3 is 14.8 Å². The van der Waals surface area contributed by atoms with Crippen molar-refractivity contribution in [3.63, 3.8) is 0 Å². The number of piperidine rings is 1. The molecule has 5 nitrogen and oxygen atoms in total. The first kappa shape index (κ1) is 22.1. The minimum atomic E-state index is 0.0853. The third-order valence-electron chi connectivity index (χ3n) is 6.09. The maximum atomic E-state index is 12.0. The van der Waals surface area contributed by atoms with E-state index in [-0.39, 0.29) is 5.56 Å². The van der Waals surface area contributed by atoms with Gasteiger partial charge in [0.25, 0.3) is 5.56 Å². The fourth-order valence-corrected chi connectivity index (χ4v) is 4.44. The van der Waals surface area contributed by atoms with Crippen molar-refractivity contribution in [3.8, 4) is 0 Å². The topological polar surface area (TPSA) is 49.6 Å². The van der Waals surface area contributed by atoms with Crippen molar-refractivity contribution in [3.05, 3.63) is 70.1 Å². The molecular weight excluding hydrogens is 372 g/mol. The van der Waals surface area contributed by atoms with Gasteiger partial charge in [0.15, 0.2) is 5.96 Å². The summed E-state index contributed by atoms with van der Waals surface area (Å²) in [5.41, 5.74) is 2.56. The highest BCUT2D eigenvalue weighted by Crippen LogP contribution is 2.32. The van der Waals surface area contributed by atoms with Crippen molar-refractivity contribution in [2.45, 2.75) is 52.5 Å². The van der Waals surface area contributed by atoms with Gasteiger partial charge in [-0.05, 0) is 56.6 Å². The number of aliphatic imine (C=N–C) groups is 1. The summed E-state index contributed by atoms with van der Waals surface area (Å²) >= 11 is 0. The van der Waals surface area contributed by atoms with E-state index in [1.165, 1.54) is 5.56 Å². The molecule has 2 heterocycles. The first-order chi connectivity index (χ1) is 14.6. The number of nitrogens with zero attached hydrogens (tertiary/aromatic N) is 3. The van der Waals surface area contributed by atoms with E-state index in [9.17, 15) is 4.79 Å². The number of rotatable bonds is 7. The van der Waals surface area contributed by atoms with Crippen LogP contribution in [0.4, 0.5) is 0 Å². The summed E-state index contributed by atoms with van der Waals surface area (Å²) in [5.74, 6) is 2.25. The van der Waals surface area contributed by atoms with E-state index < -0.39 is 0 Å². The van der Waals surface area contributed by atoms with E-state index in [1.54, 1.807) is 6.07 Å². The van der Waals surface area contributed by atoms with Gasteiger partial charge in [0.1, 0.15) is 0 Å². The molecule has 3 rings (SSSR count). The molecule has 2 aromatic rings. The number of hydrogen-bond acceptors (Lipinski definition) is 2. The fourth-order valence-electron chi connectivity index (χ4n) is 4.44. The van der Waals surface area contributed by atoms with Gasteiger partial charge in [0.05, 0.1) is 0 Å². The summed E-state index contributed by atoms with van der Waals surface area (Å²) in [5, 5.41) is 3.48. The van der Waals surface area contributed by atoms with Crippen LogP contribution in [0.2, 0.25) is 0 Å². The monoisotopic (exact) mass is 408 g/mol. The van der Waals surface area contributed by atoms with Gasteiger partial charge in [0.2, 0.25) is 0 Å². The SMILES string of the molecule is CCNC(=NCCCCn1c(C)cccc1=O)N1CCC(c2ccccc2)C(C)C1. The van der Waals surface area contributed by atoms with Crippen LogP contribution in [0, 0.1) is 12.8 Å². The Kier molecular flexibility index (Phi) is 8.12. The van der Waals surface area contributed by atoms with E-state index in [2.05, 4.69) is 54.4 Å². The minimum Gasteiger partial charge on any atom is -0.357 e. The van der Waals surface area contributed by atoms with E-state index in [0.717, 1.165) is 63.6 Å². The lowest BCUT2D eigenvalue weighted by Crippen LogP contribution is -2.48. The largest absolute Gasteiger partial charge is 0.357 e. The number of hydrogen-bond donors (Lipinski definition) is 1. The number of pyridine rings is 1. The number of aryl methyl sites for hydroxylation is 1. The zero-order valence-electron chi connectivity index (χ0n) is 18.7.